The van der Waals surface area contributed by atoms with Crippen molar-refractivity contribution in [3.63, 3.8) is 0 Å². The maximum atomic E-state index is 9.82. The highest BCUT2D eigenvalue weighted by Crippen LogP contribution is 2.26. The predicted octanol–water partition coefficient (Wildman–Crippen LogP) is 3.52. The average molecular weight is 314 g/mol. The van der Waals surface area contributed by atoms with Gasteiger partial charge in [0.1, 0.15) is 5.01 Å². The topological polar surface area (TPSA) is 84.4 Å². The van der Waals surface area contributed by atoms with Crippen molar-refractivity contribution in [1.82, 2.24) is 15.2 Å². The number of oxazole rings is 1. The summed E-state index contributed by atoms with van der Waals surface area (Å²) in [5.41, 5.74) is 2.21. The molecule has 0 saturated heterocycles. The molecule has 0 atom stereocenters. The van der Waals surface area contributed by atoms with Crippen molar-refractivity contribution in [2.45, 2.75) is 20.3 Å². The fourth-order valence-electron chi connectivity index (χ4n) is 1.78. The maximum Gasteiger partial charge on any atom is 0.312 e. The van der Waals surface area contributed by atoms with Crippen LogP contribution < -0.4 is 0 Å². The van der Waals surface area contributed by atoms with E-state index in [0.717, 1.165) is 22.6 Å². The molecule has 112 valence electrons. The van der Waals surface area contributed by atoms with E-state index in [4.69, 9.17) is 4.42 Å². The molecule has 0 aliphatic heterocycles. The number of rotatable bonds is 4. The third kappa shape index (κ3) is 3.04. The summed E-state index contributed by atoms with van der Waals surface area (Å²) in [6.07, 6.45) is 2.25. The lowest BCUT2D eigenvalue weighted by molar-refractivity contribution is 0.337. The summed E-state index contributed by atoms with van der Waals surface area (Å²) in [5.74, 6) is 0.0880. The van der Waals surface area contributed by atoms with E-state index in [-0.39, 0.29) is 11.6 Å². The quantitative estimate of drug-likeness (QED) is 0.745. The lowest BCUT2D eigenvalue weighted by atomic mass is 10.1. The first kappa shape index (κ1) is 14.4. The van der Waals surface area contributed by atoms with Crippen LogP contribution >= 0.6 is 11.3 Å². The lowest BCUT2D eigenvalue weighted by Gasteiger charge is -1.95. The van der Waals surface area contributed by atoms with Gasteiger partial charge >= 0.3 is 5.95 Å². The largest absolute Gasteiger partial charge is 0.479 e. The van der Waals surface area contributed by atoms with E-state index >= 15 is 0 Å². The van der Waals surface area contributed by atoms with Gasteiger partial charge in [0.05, 0.1) is 6.21 Å². The molecule has 2 heterocycles. The zero-order valence-electron chi connectivity index (χ0n) is 12.1. The second-order valence-corrected chi connectivity index (χ2v) is 5.71. The van der Waals surface area contributed by atoms with Crippen molar-refractivity contribution >= 4 is 22.7 Å². The zero-order chi connectivity index (χ0) is 15.5. The smallest absolute Gasteiger partial charge is 0.312 e. The number of aryl methyl sites for hydroxylation is 2. The third-order valence-electron chi connectivity index (χ3n) is 2.99. The van der Waals surface area contributed by atoms with Gasteiger partial charge in [0, 0.05) is 5.56 Å². The van der Waals surface area contributed by atoms with Crippen LogP contribution in [-0.2, 0) is 6.42 Å². The van der Waals surface area contributed by atoms with Crippen LogP contribution in [0.2, 0.25) is 0 Å². The molecule has 22 heavy (non-hydrogen) atoms. The number of aromatic hydroxyl groups is 1. The minimum atomic E-state index is -0.264. The predicted molar refractivity (Wildman–Crippen MR) is 84.9 cm³/mol. The molecule has 0 spiro atoms. The van der Waals surface area contributed by atoms with Crippen LogP contribution in [-0.4, -0.2) is 26.5 Å². The van der Waals surface area contributed by atoms with Crippen LogP contribution in [0.1, 0.15) is 23.2 Å². The molecule has 0 aliphatic carbocycles. The Morgan fingerprint density at radius 1 is 1.27 bits per heavy atom. The molecule has 6 nitrogen and oxygen atoms in total. The Balaban J connectivity index is 1.84. The minimum Gasteiger partial charge on any atom is -0.479 e. The molecule has 0 aliphatic rings. The Morgan fingerprint density at radius 3 is 2.73 bits per heavy atom. The Kier molecular flexibility index (Phi) is 3.97. The van der Waals surface area contributed by atoms with Gasteiger partial charge in [-0.3, -0.25) is 0 Å². The lowest BCUT2D eigenvalue weighted by Crippen LogP contribution is -1.83. The van der Waals surface area contributed by atoms with Gasteiger partial charge in [-0.1, -0.05) is 36.0 Å². The van der Waals surface area contributed by atoms with E-state index in [1.165, 1.54) is 17.6 Å². The van der Waals surface area contributed by atoms with Gasteiger partial charge in [-0.05, 0) is 25.5 Å². The molecular formula is C15H14N4O2S. The molecule has 3 rings (SSSR count). The Bertz CT molecular complexity index is 805. The number of benzene rings is 1. The number of aromatic nitrogens is 3. The third-order valence-corrected chi connectivity index (χ3v) is 3.96. The van der Waals surface area contributed by atoms with Crippen molar-refractivity contribution in [2.24, 2.45) is 4.99 Å². The zero-order valence-corrected chi connectivity index (χ0v) is 13.0. The maximum absolute atomic E-state index is 9.82. The van der Waals surface area contributed by atoms with E-state index in [0.29, 0.717) is 11.0 Å². The second-order valence-electron chi connectivity index (χ2n) is 4.67. The summed E-state index contributed by atoms with van der Waals surface area (Å²) in [6, 6.07) is 7.69. The molecule has 1 aromatic carbocycles. The minimum absolute atomic E-state index is 0.264. The highest BCUT2D eigenvalue weighted by molar-refractivity contribution is 7.14. The second kappa shape index (κ2) is 6.07. The molecule has 0 amide bonds. The standard InChI is InChI=1S/C15H14N4O2S/c1-3-12-18-19-15(22-12)16-8-11-14(20)21-13(17-11)10-6-4-9(2)5-7-10/h4-8,20H,3H2,1-2H3. The SMILES string of the molecule is CCc1nnc(N=Cc2nc(-c3ccc(C)cc3)oc2O)s1. The Morgan fingerprint density at radius 2 is 2.05 bits per heavy atom. The van der Waals surface area contributed by atoms with Crippen molar-refractivity contribution in [1.29, 1.82) is 0 Å². The molecule has 0 unspecified atom stereocenters. The first-order valence-corrected chi connectivity index (χ1v) is 7.60. The van der Waals surface area contributed by atoms with Gasteiger partial charge in [-0.25, -0.2) is 9.98 Å². The van der Waals surface area contributed by atoms with Gasteiger partial charge in [-0.2, -0.15) is 0 Å². The van der Waals surface area contributed by atoms with Gasteiger partial charge < -0.3 is 9.52 Å². The first-order valence-electron chi connectivity index (χ1n) is 6.79. The normalized spacial score (nSPS) is 11.4. The van der Waals surface area contributed by atoms with E-state index in [1.807, 2.05) is 38.1 Å². The summed E-state index contributed by atoms with van der Waals surface area (Å²) >= 11 is 1.40. The van der Waals surface area contributed by atoms with Crippen LogP contribution in [0.4, 0.5) is 5.13 Å². The highest BCUT2D eigenvalue weighted by atomic mass is 32.1. The van der Waals surface area contributed by atoms with E-state index in [1.54, 1.807) is 0 Å². The summed E-state index contributed by atoms with van der Waals surface area (Å²) in [5, 5.41) is 19.2. The molecule has 3 aromatic rings. The molecular weight excluding hydrogens is 300 g/mol. The Labute approximate surface area is 131 Å². The van der Waals surface area contributed by atoms with Crippen LogP contribution in [0.5, 0.6) is 5.95 Å². The molecule has 0 fully saturated rings. The molecule has 2 aromatic heterocycles. The molecule has 0 saturated carbocycles. The first-order chi connectivity index (χ1) is 10.7. The van der Waals surface area contributed by atoms with Gasteiger partial charge in [-0.15, -0.1) is 10.2 Å². The molecule has 7 heteroatoms. The van der Waals surface area contributed by atoms with Crippen LogP contribution in [0, 0.1) is 6.92 Å². The van der Waals surface area contributed by atoms with E-state index in [9.17, 15) is 5.11 Å². The van der Waals surface area contributed by atoms with Gasteiger partial charge in [0.2, 0.25) is 11.0 Å². The number of hydrogen-bond donors (Lipinski definition) is 1. The highest BCUT2D eigenvalue weighted by Gasteiger charge is 2.12. The van der Waals surface area contributed by atoms with Gasteiger partial charge in [0.25, 0.3) is 0 Å². The monoisotopic (exact) mass is 314 g/mol. The number of aliphatic imine (C=N–C) groups is 1. The van der Waals surface area contributed by atoms with Crippen LogP contribution in [0.15, 0.2) is 33.7 Å². The molecule has 1 N–H and O–H groups in total. The van der Waals surface area contributed by atoms with Gasteiger partial charge in [0.15, 0.2) is 5.69 Å². The Hall–Kier alpha value is -2.54. The number of hydrogen-bond acceptors (Lipinski definition) is 7. The van der Waals surface area contributed by atoms with Crippen LogP contribution in [0.3, 0.4) is 0 Å². The van der Waals surface area contributed by atoms with E-state index < -0.39 is 0 Å². The average Bonchev–Trinajstić information content (AvgIpc) is 3.12. The summed E-state index contributed by atoms with van der Waals surface area (Å²) < 4.78 is 5.28. The summed E-state index contributed by atoms with van der Waals surface area (Å²) in [7, 11) is 0. The van der Waals surface area contributed by atoms with Crippen molar-refractivity contribution in [3.8, 4) is 17.4 Å². The fraction of sp³-hybridized carbons (Fsp3) is 0.200. The summed E-state index contributed by atoms with van der Waals surface area (Å²) in [4.78, 5) is 8.41. The van der Waals surface area contributed by atoms with Crippen molar-refractivity contribution in [3.05, 3.63) is 40.5 Å². The molecule has 0 radical (unpaired) electrons. The van der Waals surface area contributed by atoms with Crippen LogP contribution in [0.25, 0.3) is 11.5 Å². The van der Waals surface area contributed by atoms with E-state index in [2.05, 4.69) is 20.2 Å². The summed E-state index contributed by atoms with van der Waals surface area (Å²) in [6.45, 7) is 4.01. The fourth-order valence-corrected chi connectivity index (χ4v) is 2.41. The number of nitrogens with zero attached hydrogens (tertiary/aromatic N) is 4. The molecule has 0 bridgehead atoms. The van der Waals surface area contributed by atoms with Crippen molar-refractivity contribution in [2.75, 3.05) is 0 Å². The van der Waals surface area contributed by atoms with Crippen molar-refractivity contribution < 1.29 is 9.52 Å².